The third-order valence-corrected chi connectivity index (χ3v) is 5.42. The molecule has 4 heterocycles. The quantitative estimate of drug-likeness (QED) is 0.505. The number of hydrogen-bond acceptors (Lipinski definition) is 5. The zero-order chi connectivity index (χ0) is 20.5. The molecule has 5 rings (SSSR count). The van der Waals surface area contributed by atoms with Crippen molar-refractivity contribution in [1.82, 2.24) is 19.4 Å². The van der Waals surface area contributed by atoms with Crippen LogP contribution >= 0.6 is 0 Å². The first-order valence-electron chi connectivity index (χ1n) is 10.3. The standard InChI is InChI=1S/C24H23N5O/c1-16-15-17(2)29-23(27-19-8-3-4-9-19)22(28-24(29)26-16)21-13-12-20(30-21)11-10-18-7-5-6-14-25-18/h5-7,12-15,19,27H,3-4,8-9H2,1-2H3. The van der Waals surface area contributed by atoms with Crippen LogP contribution in [-0.4, -0.2) is 25.4 Å². The summed E-state index contributed by atoms with van der Waals surface area (Å²) in [4.78, 5) is 13.7. The second-order valence-electron chi connectivity index (χ2n) is 7.74. The van der Waals surface area contributed by atoms with E-state index in [1.807, 2.05) is 37.3 Å². The molecule has 1 saturated carbocycles. The van der Waals surface area contributed by atoms with Gasteiger partial charge < -0.3 is 9.73 Å². The van der Waals surface area contributed by atoms with Gasteiger partial charge in [-0.3, -0.25) is 4.40 Å². The van der Waals surface area contributed by atoms with E-state index in [0.29, 0.717) is 29.0 Å². The van der Waals surface area contributed by atoms with E-state index in [-0.39, 0.29) is 0 Å². The Morgan fingerprint density at radius 1 is 1.07 bits per heavy atom. The molecule has 1 aliphatic carbocycles. The van der Waals surface area contributed by atoms with Gasteiger partial charge in [0, 0.05) is 23.6 Å². The van der Waals surface area contributed by atoms with Gasteiger partial charge in [-0.1, -0.05) is 18.9 Å². The lowest BCUT2D eigenvalue weighted by Gasteiger charge is -2.15. The largest absolute Gasteiger partial charge is 0.446 e. The molecule has 0 spiro atoms. The van der Waals surface area contributed by atoms with Crippen molar-refractivity contribution in [3.8, 4) is 23.3 Å². The SMILES string of the molecule is Cc1cc(C)n2c(NC3CCCC3)c(-c3ccc(C#Cc4ccccn4)o3)nc2n1. The molecule has 4 aromatic rings. The number of anilines is 1. The number of aromatic nitrogens is 4. The van der Waals surface area contributed by atoms with Crippen LogP contribution in [0, 0.1) is 25.7 Å². The smallest absolute Gasteiger partial charge is 0.236 e. The second-order valence-corrected chi connectivity index (χ2v) is 7.74. The number of hydrogen-bond donors (Lipinski definition) is 1. The molecule has 0 aliphatic heterocycles. The van der Waals surface area contributed by atoms with E-state index in [1.165, 1.54) is 25.7 Å². The van der Waals surface area contributed by atoms with Crippen molar-refractivity contribution in [2.24, 2.45) is 0 Å². The summed E-state index contributed by atoms with van der Waals surface area (Å²) >= 11 is 0. The van der Waals surface area contributed by atoms with Crippen LogP contribution < -0.4 is 5.32 Å². The van der Waals surface area contributed by atoms with E-state index in [9.17, 15) is 0 Å². The Labute approximate surface area is 175 Å². The van der Waals surface area contributed by atoms with Gasteiger partial charge in [0.2, 0.25) is 5.78 Å². The minimum Gasteiger partial charge on any atom is -0.446 e. The molecule has 150 valence electrons. The van der Waals surface area contributed by atoms with E-state index in [2.05, 4.69) is 44.5 Å². The third-order valence-electron chi connectivity index (χ3n) is 5.42. The van der Waals surface area contributed by atoms with Crippen molar-refractivity contribution in [3.63, 3.8) is 0 Å². The number of pyridine rings is 1. The maximum atomic E-state index is 6.05. The molecule has 1 aliphatic rings. The fourth-order valence-corrected chi connectivity index (χ4v) is 4.04. The fraction of sp³-hybridized carbons (Fsp3) is 0.292. The maximum absolute atomic E-state index is 6.05. The summed E-state index contributed by atoms with van der Waals surface area (Å²) in [5, 5.41) is 3.71. The van der Waals surface area contributed by atoms with E-state index in [1.54, 1.807) is 6.20 Å². The van der Waals surface area contributed by atoms with Crippen LogP contribution in [0.2, 0.25) is 0 Å². The fourth-order valence-electron chi connectivity index (χ4n) is 4.04. The highest BCUT2D eigenvalue weighted by atomic mass is 16.3. The first-order chi connectivity index (χ1) is 14.7. The topological polar surface area (TPSA) is 68.2 Å². The molecule has 0 amide bonds. The summed E-state index contributed by atoms with van der Waals surface area (Å²) in [6.45, 7) is 4.07. The zero-order valence-electron chi connectivity index (χ0n) is 17.1. The number of imidazole rings is 1. The van der Waals surface area contributed by atoms with Gasteiger partial charge in [-0.15, -0.1) is 0 Å². The third kappa shape index (κ3) is 3.55. The Kier molecular flexibility index (Phi) is 4.72. The van der Waals surface area contributed by atoms with Crippen LogP contribution in [0.15, 0.2) is 47.0 Å². The average molecular weight is 397 g/mol. The van der Waals surface area contributed by atoms with Gasteiger partial charge in [0.05, 0.1) is 0 Å². The van der Waals surface area contributed by atoms with Gasteiger partial charge in [-0.25, -0.2) is 15.0 Å². The number of nitrogens with one attached hydrogen (secondary N) is 1. The molecule has 0 radical (unpaired) electrons. The lowest BCUT2D eigenvalue weighted by Crippen LogP contribution is -2.17. The molecular weight excluding hydrogens is 374 g/mol. The van der Waals surface area contributed by atoms with Gasteiger partial charge in [0.15, 0.2) is 17.2 Å². The number of fused-ring (bicyclic) bond motifs is 1. The highest BCUT2D eigenvalue weighted by Crippen LogP contribution is 2.33. The van der Waals surface area contributed by atoms with Crippen molar-refractivity contribution < 1.29 is 4.42 Å². The van der Waals surface area contributed by atoms with Crippen LogP contribution in [-0.2, 0) is 0 Å². The van der Waals surface area contributed by atoms with Crippen LogP contribution in [0.4, 0.5) is 5.82 Å². The minimum absolute atomic E-state index is 0.447. The van der Waals surface area contributed by atoms with Gasteiger partial charge in [-0.05, 0) is 68.9 Å². The summed E-state index contributed by atoms with van der Waals surface area (Å²) < 4.78 is 8.14. The molecule has 0 saturated heterocycles. The number of furan rings is 1. The number of rotatable bonds is 3. The van der Waals surface area contributed by atoms with Crippen LogP contribution in [0.25, 0.3) is 17.2 Å². The molecule has 0 atom stereocenters. The van der Waals surface area contributed by atoms with Crippen molar-refractivity contribution >= 4 is 11.6 Å². The first-order valence-corrected chi connectivity index (χ1v) is 10.3. The Morgan fingerprint density at radius 2 is 1.93 bits per heavy atom. The normalized spacial score (nSPS) is 14.1. The lowest BCUT2D eigenvalue weighted by atomic mass is 10.2. The van der Waals surface area contributed by atoms with Crippen LogP contribution in [0.1, 0.15) is 48.5 Å². The Hall–Kier alpha value is -3.59. The molecule has 6 nitrogen and oxygen atoms in total. The molecule has 0 unspecified atom stereocenters. The highest BCUT2D eigenvalue weighted by Gasteiger charge is 2.23. The minimum atomic E-state index is 0.447. The molecule has 4 aromatic heterocycles. The Morgan fingerprint density at radius 3 is 2.73 bits per heavy atom. The first kappa shape index (κ1) is 18.4. The maximum Gasteiger partial charge on any atom is 0.236 e. The molecule has 1 N–H and O–H groups in total. The Balaban J connectivity index is 1.56. The predicted octanol–water partition coefficient (Wildman–Crippen LogP) is 4.76. The monoisotopic (exact) mass is 397 g/mol. The number of aryl methyl sites for hydroxylation is 2. The van der Waals surface area contributed by atoms with Gasteiger partial charge in [0.25, 0.3) is 0 Å². The molecular formula is C24H23N5O. The van der Waals surface area contributed by atoms with E-state index in [0.717, 1.165) is 22.9 Å². The average Bonchev–Trinajstić information content (AvgIpc) is 3.48. The summed E-state index contributed by atoms with van der Waals surface area (Å²) in [5.41, 5.74) is 3.53. The molecule has 0 bridgehead atoms. The highest BCUT2D eigenvalue weighted by molar-refractivity contribution is 5.73. The lowest BCUT2D eigenvalue weighted by molar-refractivity contribution is 0.567. The molecule has 0 aromatic carbocycles. The van der Waals surface area contributed by atoms with Crippen LogP contribution in [0.5, 0.6) is 0 Å². The second kappa shape index (κ2) is 7.68. The van der Waals surface area contributed by atoms with E-state index < -0.39 is 0 Å². The zero-order valence-corrected chi connectivity index (χ0v) is 17.1. The summed E-state index contributed by atoms with van der Waals surface area (Å²) in [6, 6.07) is 12.0. The molecule has 30 heavy (non-hydrogen) atoms. The van der Waals surface area contributed by atoms with Crippen LogP contribution in [0.3, 0.4) is 0 Å². The van der Waals surface area contributed by atoms with Gasteiger partial charge in [-0.2, -0.15) is 0 Å². The van der Waals surface area contributed by atoms with Crippen molar-refractivity contribution in [1.29, 1.82) is 0 Å². The summed E-state index contributed by atoms with van der Waals surface area (Å²) in [7, 11) is 0. The van der Waals surface area contributed by atoms with Gasteiger partial charge >= 0.3 is 0 Å². The van der Waals surface area contributed by atoms with E-state index >= 15 is 0 Å². The molecule has 6 heteroatoms. The summed E-state index contributed by atoms with van der Waals surface area (Å²) in [5.74, 6) is 8.98. The van der Waals surface area contributed by atoms with Gasteiger partial charge in [0.1, 0.15) is 11.5 Å². The number of nitrogens with zero attached hydrogens (tertiary/aromatic N) is 4. The van der Waals surface area contributed by atoms with Crippen molar-refractivity contribution in [3.05, 3.63) is 65.4 Å². The van der Waals surface area contributed by atoms with E-state index in [4.69, 9.17) is 9.40 Å². The predicted molar refractivity (Wildman–Crippen MR) is 116 cm³/mol. The summed E-state index contributed by atoms with van der Waals surface area (Å²) in [6.07, 6.45) is 6.59. The van der Waals surface area contributed by atoms with Crippen molar-refractivity contribution in [2.45, 2.75) is 45.6 Å². The Bertz CT molecular complexity index is 1250. The van der Waals surface area contributed by atoms with Crippen molar-refractivity contribution in [2.75, 3.05) is 5.32 Å². The molecule has 1 fully saturated rings.